The average Bonchev–Trinajstić information content (AvgIpc) is 3.39. The van der Waals surface area contributed by atoms with E-state index in [-0.39, 0.29) is 12.3 Å². The third kappa shape index (κ3) is 22.8. The number of aliphatic hydroxyl groups is 11. The van der Waals surface area contributed by atoms with Crippen LogP contribution in [0.5, 0.6) is 0 Å². The van der Waals surface area contributed by atoms with Crippen molar-refractivity contribution in [2.24, 2.45) is 0 Å². The quantitative estimate of drug-likeness (QED) is 0.0325. The molecule has 3 aliphatic heterocycles. The third-order valence-corrected chi connectivity index (χ3v) is 12.3. The molecule has 3 heterocycles. The van der Waals surface area contributed by atoms with Gasteiger partial charge in [-0.25, -0.2) is 0 Å². The van der Waals surface area contributed by atoms with Crippen molar-refractivity contribution >= 4 is 5.91 Å². The highest BCUT2D eigenvalue weighted by Crippen LogP contribution is 2.33. The Hall–Kier alpha value is -3.29. The first-order valence-corrected chi connectivity index (χ1v) is 26.0. The van der Waals surface area contributed by atoms with Crippen LogP contribution >= 0.6 is 0 Å². The summed E-state index contributed by atoms with van der Waals surface area (Å²) in [5, 5.41) is 119. The standard InChI is InChI=1S/C54H87NO18/c1-3-5-7-9-11-12-13-14-15-16-17-18-19-20-21-22-23-24-26-28-30-32-42(60)55-37(38(59)31-29-27-25-10-8-6-4-2)36-68-52-48(66)45(63)50(40(34-57)70-52)73-54-49(67)46(64)51(41(35-58)71-54)72-53-47(65)44(62)43(61)39(33-56)69-53/h5,7-8,10-12,14-15,17-18,20-21,23-24,29,31,37-41,43-54,56-59,61-67H,3-4,6,9,13,16,19,22,25-28,30,32-36H2,1-2H3,(H,55,60)/b7-5-,10-8+,12-11-,15-14-,18-17-,21-20-,24-23-,31-29+. The molecule has 0 aromatic rings. The number of hydrogen-bond donors (Lipinski definition) is 12. The van der Waals surface area contributed by atoms with Crippen LogP contribution in [0.1, 0.15) is 104 Å². The van der Waals surface area contributed by atoms with Gasteiger partial charge in [-0.05, 0) is 77.0 Å². The predicted molar refractivity (Wildman–Crippen MR) is 272 cm³/mol. The Balaban J connectivity index is 1.51. The first kappa shape index (κ1) is 64.0. The van der Waals surface area contributed by atoms with Gasteiger partial charge in [0.2, 0.25) is 5.91 Å². The highest BCUT2D eigenvalue weighted by Gasteiger charge is 2.53. The summed E-state index contributed by atoms with van der Waals surface area (Å²) in [6.45, 7) is 1.37. The van der Waals surface area contributed by atoms with E-state index in [0.29, 0.717) is 12.8 Å². The lowest BCUT2D eigenvalue weighted by molar-refractivity contribution is -0.379. The number of carbonyl (C=O) groups excluding carboxylic acids is 1. The van der Waals surface area contributed by atoms with E-state index in [1.54, 1.807) is 12.2 Å². The second kappa shape index (κ2) is 37.5. The molecule has 1 amide bonds. The number of hydrogen-bond acceptors (Lipinski definition) is 18. The van der Waals surface area contributed by atoms with Gasteiger partial charge >= 0.3 is 0 Å². The number of ether oxygens (including phenoxy) is 6. The molecule has 19 heteroatoms. The van der Waals surface area contributed by atoms with Gasteiger partial charge in [0.1, 0.15) is 73.2 Å². The smallest absolute Gasteiger partial charge is 0.220 e. The van der Waals surface area contributed by atoms with Crippen LogP contribution in [0.25, 0.3) is 0 Å². The maximum atomic E-state index is 13.2. The number of carbonyl (C=O) groups is 1. The average molecular weight is 1040 g/mol. The monoisotopic (exact) mass is 1040 g/mol. The van der Waals surface area contributed by atoms with Crippen LogP contribution in [-0.2, 0) is 33.2 Å². The minimum Gasteiger partial charge on any atom is -0.394 e. The Bertz CT molecular complexity index is 1720. The Morgan fingerprint density at radius 1 is 0.507 bits per heavy atom. The van der Waals surface area contributed by atoms with Crippen molar-refractivity contribution in [2.75, 3.05) is 26.4 Å². The van der Waals surface area contributed by atoms with Crippen molar-refractivity contribution in [2.45, 2.75) is 208 Å². The van der Waals surface area contributed by atoms with Crippen molar-refractivity contribution in [3.8, 4) is 0 Å². The molecule has 416 valence electrons. The van der Waals surface area contributed by atoms with Crippen molar-refractivity contribution in [3.05, 3.63) is 97.2 Å². The zero-order valence-corrected chi connectivity index (χ0v) is 42.6. The summed E-state index contributed by atoms with van der Waals surface area (Å²) in [7, 11) is 0. The minimum atomic E-state index is -1.99. The van der Waals surface area contributed by atoms with Gasteiger partial charge in [0.15, 0.2) is 18.9 Å². The Morgan fingerprint density at radius 2 is 0.945 bits per heavy atom. The van der Waals surface area contributed by atoms with Crippen LogP contribution in [-0.4, -0.2) is 193 Å². The van der Waals surface area contributed by atoms with Gasteiger partial charge in [-0.3, -0.25) is 4.79 Å². The molecule has 12 N–H and O–H groups in total. The van der Waals surface area contributed by atoms with Gasteiger partial charge in [0.25, 0.3) is 0 Å². The van der Waals surface area contributed by atoms with E-state index < -0.39 is 131 Å². The molecule has 73 heavy (non-hydrogen) atoms. The Labute approximate surface area is 431 Å². The summed E-state index contributed by atoms with van der Waals surface area (Å²) >= 11 is 0. The van der Waals surface area contributed by atoms with Gasteiger partial charge in [-0.1, -0.05) is 117 Å². The molecular formula is C54H87NO18. The van der Waals surface area contributed by atoms with Gasteiger partial charge in [-0.2, -0.15) is 0 Å². The largest absolute Gasteiger partial charge is 0.394 e. The van der Waals surface area contributed by atoms with Crippen molar-refractivity contribution in [1.29, 1.82) is 0 Å². The molecule has 0 bridgehead atoms. The molecule has 0 spiro atoms. The molecule has 17 unspecified atom stereocenters. The van der Waals surface area contributed by atoms with Crippen LogP contribution in [0, 0.1) is 0 Å². The normalized spacial score (nSPS) is 32.5. The fourth-order valence-corrected chi connectivity index (χ4v) is 8.04. The van der Waals surface area contributed by atoms with E-state index >= 15 is 0 Å². The van der Waals surface area contributed by atoms with Crippen LogP contribution in [0.2, 0.25) is 0 Å². The molecule has 17 atom stereocenters. The first-order valence-electron chi connectivity index (χ1n) is 26.0. The van der Waals surface area contributed by atoms with Crippen LogP contribution in [0.4, 0.5) is 0 Å². The van der Waals surface area contributed by atoms with Crippen molar-refractivity contribution in [3.63, 3.8) is 0 Å². The molecule has 3 saturated heterocycles. The fraction of sp³-hybridized carbons (Fsp3) is 0.685. The van der Waals surface area contributed by atoms with Gasteiger partial charge in [0, 0.05) is 6.42 Å². The van der Waals surface area contributed by atoms with E-state index in [9.17, 15) is 61.0 Å². The molecule has 0 saturated carbocycles. The van der Waals surface area contributed by atoms with Crippen molar-refractivity contribution in [1.82, 2.24) is 5.32 Å². The summed E-state index contributed by atoms with van der Waals surface area (Å²) in [4.78, 5) is 13.2. The lowest BCUT2D eigenvalue weighted by Gasteiger charge is -2.48. The first-order chi connectivity index (χ1) is 35.3. The van der Waals surface area contributed by atoms with Crippen LogP contribution < -0.4 is 5.32 Å². The van der Waals surface area contributed by atoms with Crippen LogP contribution in [0.15, 0.2) is 97.2 Å². The molecule has 19 nitrogen and oxygen atoms in total. The predicted octanol–water partition coefficient (Wildman–Crippen LogP) is 2.25. The van der Waals surface area contributed by atoms with Crippen LogP contribution in [0.3, 0.4) is 0 Å². The molecule has 0 aromatic heterocycles. The van der Waals surface area contributed by atoms with E-state index in [4.69, 9.17) is 28.4 Å². The van der Waals surface area contributed by atoms with E-state index in [2.05, 4.69) is 104 Å². The number of aliphatic hydroxyl groups excluding tert-OH is 11. The second-order valence-electron chi connectivity index (χ2n) is 18.2. The molecule has 3 fully saturated rings. The minimum absolute atomic E-state index is 0.173. The maximum absolute atomic E-state index is 13.2. The summed E-state index contributed by atoms with van der Waals surface area (Å²) in [6, 6.07) is -1.02. The summed E-state index contributed by atoms with van der Waals surface area (Å²) in [5.41, 5.74) is 0. The number of amides is 1. The second-order valence-corrected chi connectivity index (χ2v) is 18.2. The maximum Gasteiger partial charge on any atom is 0.220 e. The van der Waals surface area contributed by atoms with E-state index in [0.717, 1.165) is 70.6 Å². The van der Waals surface area contributed by atoms with Gasteiger partial charge < -0.3 is 89.9 Å². The molecule has 0 aromatic carbocycles. The fourth-order valence-electron chi connectivity index (χ4n) is 8.04. The summed E-state index contributed by atoms with van der Waals surface area (Å²) < 4.78 is 34.0. The number of unbranched alkanes of at least 4 members (excludes halogenated alkanes) is 4. The molecule has 3 aliphatic rings. The highest BCUT2D eigenvalue weighted by atomic mass is 16.8. The molecular weight excluding hydrogens is 951 g/mol. The molecule has 3 rings (SSSR count). The van der Waals surface area contributed by atoms with Crippen molar-refractivity contribution < 1.29 is 89.4 Å². The lowest BCUT2D eigenvalue weighted by atomic mass is 9.96. The van der Waals surface area contributed by atoms with E-state index in [1.165, 1.54) is 0 Å². The number of allylic oxidation sites excluding steroid dienone is 15. The van der Waals surface area contributed by atoms with Gasteiger partial charge in [-0.15, -0.1) is 0 Å². The number of rotatable bonds is 34. The topological polar surface area (TPSA) is 307 Å². The zero-order chi connectivity index (χ0) is 53.4. The van der Waals surface area contributed by atoms with E-state index in [1.807, 2.05) is 0 Å². The number of nitrogens with one attached hydrogen (secondary N) is 1. The molecule has 0 radical (unpaired) electrons. The SMILES string of the molecule is CC/C=C\C/C=C\C/C=C\C/C=C\C/C=C\C/C=C\CCCCC(=O)NC(COC1OC(CO)C(OC2OC(CO)C(OC3OC(CO)C(O)C(O)C3O)C(O)C2O)C(O)C1O)C(O)/C=C/CC/C=C/CCC. The summed E-state index contributed by atoms with van der Waals surface area (Å²) in [6.07, 6.45) is 17.4. The highest BCUT2D eigenvalue weighted by molar-refractivity contribution is 5.76. The Kier molecular flexibility index (Phi) is 32.8. The molecule has 0 aliphatic carbocycles. The third-order valence-electron chi connectivity index (χ3n) is 12.3. The van der Waals surface area contributed by atoms with Gasteiger partial charge in [0.05, 0.1) is 38.6 Å². The Morgan fingerprint density at radius 3 is 1.47 bits per heavy atom. The zero-order valence-electron chi connectivity index (χ0n) is 42.6. The summed E-state index contributed by atoms with van der Waals surface area (Å²) in [5.74, 6) is -0.339. The lowest BCUT2D eigenvalue weighted by Crippen LogP contribution is -2.66.